The van der Waals surface area contributed by atoms with Gasteiger partial charge in [-0.3, -0.25) is 4.79 Å². The Hall–Kier alpha value is -0.590. The zero-order valence-corrected chi connectivity index (χ0v) is 15.5. The van der Waals surface area contributed by atoms with Crippen LogP contribution < -0.4 is 5.32 Å². The summed E-state index contributed by atoms with van der Waals surface area (Å²) in [6, 6.07) is 12.0. The molecule has 0 aromatic heterocycles. The lowest BCUT2D eigenvalue weighted by molar-refractivity contribution is 0.0946. The molecular weight excluding hydrogens is 464 g/mol. The fourth-order valence-electron chi connectivity index (χ4n) is 2.48. The maximum Gasteiger partial charge on any atom is 0.251 e. The summed E-state index contributed by atoms with van der Waals surface area (Å²) in [6.07, 6.45) is 0.878. The van der Waals surface area contributed by atoms with Gasteiger partial charge >= 0.3 is 0 Å². The van der Waals surface area contributed by atoms with Crippen LogP contribution in [0.3, 0.4) is 0 Å². The normalized spacial score (nSPS) is 15.3. The molecule has 1 N–H and O–H groups in total. The average molecular weight is 477 g/mol. The maximum atomic E-state index is 12.0. The smallest absolute Gasteiger partial charge is 0.251 e. The van der Waals surface area contributed by atoms with Crippen molar-refractivity contribution in [3.8, 4) is 0 Å². The van der Waals surface area contributed by atoms with Crippen molar-refractivity contribution in [2.75, 3.05) is 6.54 Å². The van der Waals surface area contributed by atoms with E-state index in [0.717, 1.165) is 36.7 Å². The summed E-state index contributed by atoms with van der Waals surface area (Å²) >= 11 is 12.4. The molecule has 2 aromatic carbocycles. The van der Waals surface area contributed by atoms with Gasteiger partial charge in [0.15, 0.2) is 0 Å². The van der Waals surface area contributed by atoms with Crippen molar-refractivity contribution in [2.24, 2.45) is 0 Å². The molecule has 2 nitrogen and oxygen atoms in total. The second kappa shape index (κ2) is 6.26. The van der Waals surface area contributed by atoms with E-state index in [4.69, 9.17) is 11.6 Å². The summed E-state index contributed by atoms with van der Waals surface area (Å²) in [4.78, 5) is 12.0. The minimum absolute atomic E-state index is 0.00842. The van der Waals surface area contributed by atoms with Crippen LogP contribution in [0.4, 0.5) is 0 Å². The Morgan fingerprint density at radius 2 is 2.05 bits per heavy atom. The quantitative estimate of drug-likeness (QED) is 0.496. The van der Waals surface area contributed by atoms with E-state index in [1.807, 2.05) is 36.4 Å². The van der Waals surface area contributed by atoms with Gasteiger partial charge in [0.05, 0.1) is 5.38 Å². The van der Waals surface area contributed by atoms with E-state index in [2.05, 4.69) is 43.8 Å². The SMILES string of the molecule is O=C1NCCc2ccc(C(Cl)c3cc(Br)ccc3I)cc21. The van der Waals surface area contributed by atoms with Gasteiger partial charge in [0, 0.05) is 20.2 Å². The van der Waals surface area contributed by atoms with Gasteiger partial charge in [0.2, 0.25) is 0 Å². The predicted molar refractivity (Wildman–Crippen MR) is 97.0 cm³/mol. The van der Waals surface area contributed by atoms with Crippen molar-refractivity contribution in [1.82, 2.24) is 5.32 Å². The number of hydrogen-bond donors (Lipinski definition) is 1. The highest BCUT2D eigenvalue weighted by Crippen LogP contribution is 2.34. The lowest BCUT2D eigenvalue weighted by atomic mass is 9.95. The molecule has 1 amide bonds. The molecule has 1 unspecified atom stereocenters. The molecule has 1 heterocycles. The molecule has 0 saturated heterocycles. The molecule has 3 rings (SSSR count). The molecule has 0 radical (unpaired) electrons. The number of carbonyl (C=O) groups excluding carboxylic acids is 1. The van der Waals surface area contributed by atoms with Gasteiger partial charge in [-0.1, -0.05) is 28.1 Å². The van der Waals surface area contributed by atoms with Crippen LogP contribution in [0.5, 0.6) is 0 Å². The molecule has 1 aliphatic rings. The Bertz CT molecular complexity index is 719. The first-order valence-corrected chi connectivity index (χ1v) is 8.87. The topological polar surface area (TPSA) is 29.1 Å². The molecular formula is C16H12BrClINO. The van der Waals surface area contributed by atoms with Crippen LogP contribution in [0, 0.1) is 3.57 Å². The number of carbonyl (C=O) groups is 1. The molecule has 21 heavy (non-hydrogen) atoms. The van der Waals surface area contributed by atoms with Crippen LogP contribution in [0.2, 0.25) is 0 Å². The van der Waals surface area contributed by atoms with Crippen molar-refractivity contribution in [1.29, 1.82) is 0 Å². The van der Waals surface area contributed by atoms with Gasteiger partial charge < -0.3 is 5.32 Å². The number of alkyl halides is 1. The molecule has 0 bridgehead atoms. The molecule has 1 aliphatic heterocycles. The molecule has 0 spiro atoms. The summed E-state index contributed by atoms with van der Waals surface area (Å²) in [5.74, 6) is -0.00842. The van der Waals surface area contributed by atoms with Gasteiger partial charge in [0.1, 0.15) is 0 Å². The van der Waals surface area contributed by atoms with Crippen molar-refractivity contribution >= 4 is 56.0 Å². The number of rotatable bonds is 2. The van der Waals surface area contributed by atoms with Gasteiger partial charge in [-0.05, 0) is 70.0 Å². The lowest BCUT2D eigenvalue weighted by Crippen LogP contribution is -2.31. The number of amides is 1. The monoisotopic (exact) mass is 475 g/mol. The molecule has 108 valence electrons. The molecule has 0 fully saturated rings. The molecule has 1 atom stereocenters. The van der Waals surface area contributed by atoms with E-state index in [9.17, 15) is 4.79 Å². The van der Waals surface area contributed by atoms with Gasteiger partial charge in [-0.2, -0.15) is 0 Å². The molecule has 5 heteroatoms. The highest BCUT2D eigenvalue weighted by atomic mass is 127. The summed E-state index contributed by atoms with van der Waals surface area (Å²) in [6.45, 7) is 0.707. The summed E-state index contributed by atoms with van der Waals surface area (Å²) in [7, 11) is 0. The predicted octanol–water partition coefficient (Wildman–Crippen LogP) is 4.67. The summed E-state index contributed by atoms with van der Waals surface area (Å²) in [5, 5.41) is 2.60. The highest BCUT2D eigenvalue weighted by Gasteiger charge is 2.20. The van der Waals surface area contributed by atoms with E-state index in [-0.39, 0.29) is 11.3 Å². The Labute approximate surface area is 150 Å². The number of benzene rings is 2. The Kier molecular flexibility index (Phi) is 4.57. The van der Waals surface area contributed by atoms with E-state index in [1.54, 1.807) is 0 Å². The average Bonchev–Trinajstić information content (AvgIpc) is 2.49. The highest BCUT2D eigenvalue weighted by molar-refractivity contribution is 14.1. The van der Waals surface area contributed by atoms with Crippen LogP contribution in [-0.2, 0) is 6.42 Å². The molecule has 0 aliphatic carbocycles. The van der Waals surface area contributed by atoms with E-state index in [0.29, 0.717) is 6.54 Å². The third-order valence-electron chi connectivity index (χ3n) is 3.58. The second-order valence-electron chi connectivity index (χ2n) is 4.95. The molecule has 0 saturated carbocycles. The van der Waals surface area contributed by atoms with E-state index < -0.39 is 0 Å². The van der Waals surface area contributed by atoms with Gasteiger partial charge in [-0.15, -0.1) is 11.6 Å². The zero-order valence-electron chi connectivity index (χ0n) is 11.0. The Morgan fingerprint density at radius 3 is 2.86 bits per heavy atom. The van der Waals surface area contributed by atoms with Gasteiger partial charge in [0.25, 0.3) is 5.91 Å². The van der Waals surface area contributed by atoms with Crippen LogP contribution in [0.25, 0.3) is 0 Å². The number of halogens is 3. The Morgan fingerprint density at radius 1 is 1.24 bits per heavy atom. The minimum Gasteiger partial charge on any atom is -0.352 e. The second-order valence-corrected chi connectivity index (χ2v) is 7.47. The first kappa shape index (κ1) is 15.3. The number of hydrogen-bond acceptors (Lipinski definition) is 1. The Balaban J connectivity index is 2.02. The van der Waals surface area contributed by atoms with Crippen LogP contribution in [-0.4, -0.2) is 12.5 Å². The molecule has 2 aromatic rings. The van der Waals surface area contributed by atoms with Gasteiger partial charge in [-0.25, -0.2) is 0 Å². The van der Waals surface area contributed by atoms with Crippen LogP contribution in [0.1, 0.15) is 32.4 Å². The van der Waals surface area contributed by atoms with Crippen molar-refractivity contribution in [3.05, 3.63) is 66.7 Å². The van der Waals surface area contributed by atoms with Crippen molar-refractivity contribution < 1.29 is 4.79 Å². The third-order valence-corrected chi connectivity index (χ3v) is 5.54. The fourth-order valence-corrected chi connectivity index (χ4v) is 4.00. The van der Waals surface area contributed by atoms with Crippen LogP contribution in [0.15, 0.2) is 40.9 Å². The first-order valence-electron chi connectivity index (χ1n) is 6.56. The first-order chi connectivity index (χ1) is 10.1. The maximum absolute atomic E-state index is 12.0. The van der Waals surface area contributed by atoms with Crippen LogP contribution >= 0.6 is 50.1 Å². The number of nitrogens with one attached hydrogen (secondary N) is 1. The summed E-state index contributed by atoms with van der Waals surface area (Å²) in [5.41, 5.74) is 3.83. The van der Waals surface area contributed by atoms with Crippen molar-refractivity contribution in [3.63, 3.8) is 0 Å². The minimum atomic E-state index is -0.269. The van der Waals surface area contributed by atoms with Crippen molar-refractivity contribution in [2.45, 2.75) is 11.8 Å². The number of fused-ring (bicyclic) bond motifs is 1. The third kappa shape index (κ3) is 3.12. The van der Waals surface area contributed by atoms with E-state index >= 15 is 0 Å². The fraction of sp³-hybridized carbons (Fsp3) is 0.188. The van der Waals surface area contributed by atoms with E-state index in [1.165, 1.54) is 0 Å². The standard InChI is InChI=1S/C16H12BrClINO/c17-11-3-4-14(19)13(8-11)15(18)10-2-1-9-5-6-20-16(21)12(9)7-10/h1-4,7-8,15H,5-6H2,(H,20,21). The zero-order chi connectivity index (χ0) is 15.0. The lowest BCUT2D eigenvalue weighted by Gasteiger charge is -2.19. The summed E-state index contributed by atoms with van der Waals surface area (Å²) < 4.78 is 2.11. The largest absolute Gasteiger partial charge is 0.352 e.